The van der Waals surface area contributed by atoms with Crippen molar-refractivity contribution in [2.24, 2.45) is 4.99 Å². The molecule has 0 aromatic carbocycles. The van der Waals surface area contributed by atoms with Gasteiger partial charge in [0.1, 0.15) is 0 Å². The number of rotatable bonds is 9. The van der Waals surface area contributed by atoms with Crippen LogP contribution >= 0.6 is 0 Å². The number of guanidine groups is 1. The van der Waals surface area contributed by atoms with E-state index >= 15 is 0 Å². The molecule has 25 heavy (non-hydrogen) atoms. The van der Waals surface area contributed by atoms with Crippen molar-refractivity contribution in [3.8, 4) is 0 Å². The van der Waals surface area contributed by atoms with E-state index in [2.05, 4.69) is 41.3 Å². The lowest BCUT2D eigenvalue weighted by Gasteiger charge is -2.23. The zero-order valence-electron chi connectivity index (χ0n) is 16.0. The highest BCUT2D eigenvalue weighted by Crippen LogP contribution is 2.19. The summed E-state index contributed by atoms with van der Waals surface area (Å²) in [4.78, 5) is 8.05. The molecule has 0 radical (unpaired) electrons. The smallest absolute Gasteiger partial charge is 0.354 e. The number of alkyl halides is 3. The predicted molar refractivity (Wildman–Crippen MR) is 97.0 cm³/mol. The van der Waals surface area contributed by atoms with Crippen LogP contribution in [0, 0.1) is 0 Å². The summed E-state index contributed by atoms with van der Waals surface area (Å²) in [5, 5.41) is 6.60. The third kappa shape index (κ3) is 9.30. The molecule has 0 aromatic rings. The Morgan fingerprint density at radius 2 is 2.00 bits per heavy atom. The lowest BCUT2D eigenvalue weighted by Crippen LogP contribution is -2.47. The van der Waals surface area contributed by atoms with E-state index in [1.54, 1.807) is 7.05 Å². The second-order valence-electron chi connectivity index (χ2n) is 6.77. The number of likely N-dealkylation sites (tertiary alicyclic amines) is 1. The average molecular weight is 365 g/mol. The maximum absolute atomic E-state index is 12.5. The van der Waals surface area contributed by atoms with Gasteiger partial charge in [-0.05, 0) is 45.8 Å². The van der Waals surface area contributed by atoms with Crippen LogP contribution in [0.3, 0.4) is 0 Å². The lowest BCUT2D eigenvalue weighted by atomic mass is 10.2. The Hall–Kier alpha value is -1.02. The molecular formula is C17H34F3N5. The van der Waals surface area contributed by atoms with Crippen LogP contribution in [0.5, 0.6) is 0 Å². The molecule has 1 aliphatic rings. The Kier molecular flexibility index (Phi) is 9.56. The Morgan fingerprint density at radius 3 is 2.56 bits per heavy atom. The monoisotopic (exact) mass is 365 g/mol. The summed E-state index contributed by atoms with van der Waals surface area (Å²) in [5.41, 5.74) is 0. The number of nitrogens with one attached hydrogen (secondary N) is 2. The Labute approximate surface area is 150 Å². The second kappa shape index (κ2) is 10.9. The molecule has 0 bridgehead atoms. The van der Waals surface area contributed by atoms with Crippen LogP contribution in [0.4, 0.5) is 13.2 Å². The Morgan fingerprint density at radius 1 is 1.32 bits per heavy atom. The standard InChI is InChI=1S/C17H34F3N5/c1-5-24(6-2)10-7-8-14(3)22-16(21-4)23-15-9-11-25(12-15)13-17(18,19)20/h14-15H,5-13H2,1-4H3,(H2,21,22,23). The highest BCUT2D eigenvalue weighted by Gasteiger charge is 2.34. The fourth-order valence-electron chi connectivity index (χ4n) is 3.18. The van der Waals surface area contributed by atoms with Crippen LogP contribution in [0.15, 0.2) is 4.99 Å². The van der Waals surface area contributed by atoms with Gasteiger partial charge >= 0.3 is 6.18 Å². The zero-order chi connectivity index (χ0) is 18.9. The topological polar surface area (TPSA) is 42.9 Å². The number of aliphatic imine (C=N–C) groups is 1. The average Bonchev–Trinajstić information content (AvgIpc) is 2.95. The van der Waals surface area contributed by atoms with Gasteiger partial charge in [0.05, 0.1) is 6.54 Å². The van der Waals surface area contributed by atoms with Crippen LogP contribution in [0.2, 0.25) is 0 Å². The van der Waals surface area contributed by atoms with Crippen LogP contribution in [-0.2, 0) is 0 Å². The van der Waals surface area contributed by atoms with Crippen LogP contribution in [0.25, 0.3) is 0 Å². The van der Waals surface area contributed by atoms with E-state index in [0.29, 0.717) is 25.5 Å². The number of halogens is 3. The normalized spacial score (nSPS) is 21.0. The predicted octanol–water partition coefficient (Wildman–Crippen LogP) is 2.30. The van der Waals surface area contributed by atoms with Crippen LogP contribution in [0.1, 0.15) is 40.0 Å². The minimum absolute atomic E-state index is 0.0106. The van der Waals surface area contributed by atoms with Gasteiger partial charge in [0.25, 0.3) is 0 Å². The van der Waals surface area contributed by atoms with Crippen LogP contribution in [-0.4, -0.2) is 80.3 Å². The summed E-state index contributed by atoms with van der Waals surface area (Å²) in [6, 6.07) is 0.283. The van der Waals surface area contributed by atoms with E-state index in [4.69, 9.17) is 0 Å². The van der Waals surface area contributed by atoms with Gasteiger partial charge in [-0.25, -0.2) is 0 Å². The number of nitrogens with zero attached hydrogens (tertiary/aromatic N) is 3. The molecule has 1 saturated heterocycles. The van der Waals surface area contributed by atoms with E-state index in [0.717, 1.165) is 32.5 Å². The lowest BCUT2D eigenvalue weighted by molar-refractivity contribution is -0.143. The van der Waals surface area contributed by atoms with Gasteiger partial charge in [0, 0.05) is 32.2 Å². The molecule has 0 saturated carbocycles. The first kappa shape index (κ1) is 22.0. The summed E-state index contributed by atoms with van der Waals surface area (Å²) < 4.78 is 37.4. The highest BCUT2D eigenvalue weighted by atomic mass is 19.4. The molecule has 148 valence electrons. The second-order valence-corrected chi connectivity index (χ2v) is 6.77. The summed E-state index contributed by atoms with van der Waals surface area (Å²) in [6.07, 6.45) is -1.29. The molecule has 0 aromatic heterocycles. The summed E-state index contributed by atoms with van der Waals surface area (Å²) in [5.74, 6) is 0.675. The fourth-order valence-corrected chi connectivity index (χ4v) is 3.18. The Balaban J connectivity index is 2.30. The van der Waals surface area contributed by atoms with Crippen molar-refractivity contribution in [1.82, 2.24) is 20.4 Å². The largest absolute Gasteiger partial charge is 0.401 e. The maximum atomic E-state index is 12.5. The Bertz CT molecular complexity index is 396. The van der Waals surface area contributed by atoms with Gasteiger partial charge in [-0.15, -0.1) is 0 Å². The van der Waals surface area contributed by atoms with Crippen molar-refractivity contribution in [3.63, 3.8) is 0 Å². The van der Waals surface area contributed by atoms with E-state index in [9.17, 15) is 13.2 Å². The van der Waals surface area contributed by atoms with Gasteiger partial charge in [-0.3, -0.25) is 9.89 Å². The van der Waals surface area contributed by atoms with Crippen molar-refractivity contribution < 1.29 is 13.2 Å². The molecule has 1 fully saturated rings. The molecule has 0 spiro atoms. The molecule has 0 amide bonds. The van der Waals surface area contributed by atoms with E-state index in [1.165, 1.54) is 4.90 Å². The van der Waals surface area contributed by atoms with Crippen LogP contribution < -0.4 is 10.6 Å². The molecular weight excluding hydrogens is 331 g/mol. The summed E-state index contributed by atoms with van der Waals surface area (Å²) in [6.45, 7) is 9.69. The van der Waals surface area contributed by atoms with Gasteiger partial charge in [0.2, 0.25) is 0 Å². The highest BCUT2D eigenvalue weighted by molar-refractivity contribution is 5.80. The maximum Gasteiger partial charge on any atom is 0.401 e. The van der Waals surface area contributed by atoms with Gasteiger partial charge < -0.3 is 15.5 Å². The molecule has 5 nitrogen and oxygen atoms in total. The minimum atomic E-state index is -4.13. The van der Waals surface area contributed by atoms with E-state index in [1.807, 2.05) is 0 Å². The molecule has 1 aliphatic heterocycles. The molecule has 8 heteroatoms. The third-order valence-electron chi connectivity index (χ3n) is 4.63. The number of hydrogen-bond acceptors (Lipinski definition) is 3. The molecule has 0 aliphatic carbocycles. The molecule has 1 rings (SSSR count). The van der Waals surface area contributed by atoms with E-state index < -0.39 is 12.7 Å². The molecule has 2 unspecified atom stereocenters. The first-order valence-corrected chi connectivity index (χ1v) is 9.28. The summed E-state index contributed by atoms with van der Waals surface area (Å²) >= 11 is 0. The molecule has 2 N–H and O–H groups in total. The number of hydrogen-bond donors (Lipinski definition) is 2. The summed E-state index contributed by atoms with van der Waals surface area (Å²) in [7, 11) is 1.69. The molecule has 2 atom stereocenters. The van der Waals surface area contributed by atoms with Gasteiger partial charge in [-0.1, -0.05) is 13.8 Å². The first-order valence-electron chi connectivity index (χ1n) is 9.28. The van der Waals surface area contributed by atoms with Crippen molar-refractivity contribution in [2.75, 3.05) is 46.3 Å². The van der Waals surface area contributed by atoms with Crippen molar-refractivity contribution >= 4 is 5.96 Å². The molecule has 1 heterocycles. The SMILES string of the molecule is CCN(CC)CCCC(C)NC(=NC)NC1CCN(CC(F)(F)F)C1. The van der Waals surface area contributed by atoms with E-state index in [-0.39, 0.29) is 12.1 Å². The first-order chi connectivity index (χ1) is 11.8. The quantitative estimate of drug-likeness (QED) is 0.486. The third-order valence-corrected chi connectivity index (χ3v) is 4.63. The van der Waals surface area contributed by atoms with Crippen molar-refractivity contribution in [2.45, 2.75) is 58.3 Å². The fraction of sp³-hybridized carbons (Fsp3) is 0.941. The van der Waals surface area contributed by atoms with Gasteiger partial charge in [0.15, 0.2) is 5.96 Å². The van der Waals surface area contributed by atoms with Crippen molar-refractivity contribution in [3.05, 3.63) is 0 Å². The van der Waals surface area contributed by atoms with Gasteiger partial charge in [-0.2, -0.15) is 13.2 Å². The minimum Gasteiger partial charge on any atom is -0.354 e. The van der Waals surface area contributed by atoms with Crippen molar-refractivity contribution in [1.29, 1.82) is 0 Å². The zero-order valence-corrected chi connectivity index (χ0v) is 16.0.